The minimum atomic E-state index is -0.670. The molecule has 34 heavy (non-hydrogen) atoms. The fourth-order valence-corrected chi connectivity index (χ4v) is 4.17. The van der Waals surface area contributed by atoms with Crippen LogP contribution in [0.3, 0.4) is 0 Å². The molecular weight excluding hydrogens is 496 g/mol. The number of benzene rings is 3. The Morgan fingerprint density at radius 1 is 1.06 bits per heavy atom. The number of nitrogens with zero attached hydrogens (tertiary/aromatic N) is 1. The third-order valence-corrected chi connectivity index (χ3v) is 6.65. The Hall–Kier alpha value is -3.06. The first-order chi connectivity index (χ1) is 16.3. The van der Waals surface area contributed by atoms with Crippen LogP contribution in [0, 0.1) is 0 Å². The van der Waals surface area contributed by atoms with Crippen LogP contribution in [0.15, 0.2) is 65.1 Å². The van der Waals surface area contributed by atoms with Crippen LogP contribution >= 0.6 is 15.9 Å². The van der Waals surface area contributed by atoms with Crippen LogP contribution in [0.25, 0.3) is 10.8 Å². The average molecular weight is 527 g/mol. The van der Waals surface area contributed by atoms with E-state index in [2.05, 4.69) is 21.2 Å². The summed E-state index contributed by atoms with van der Waals surface area (Å²) in [7, 11) is 1.60. The summed E-state index contributed by atoms with van der Waals surface area (Å²) < 4.78 is 12.0. The van der Waals surface area contributed by atoms with Gasteiger partial charge in [-0.15, -0.1) is 0 Å². The largest absolute Gasteiger partial charge is 0.497 e. The highest BCUT2D eigenvalue weighted by Gasteiger charge is 2.27. The summed E-state index contributed by atoms with van der Waals surface area (Å²) in [4.78, 5) is 27.7. The van der Waals surface area contributed by atoms with Gasteiger partial charge in [-0.2, -0.15) is 0 Å². The number of amides is 2. The fourth-order valence-electron chi connectivity index (χ4n) is 3.56. The second kappa shape index (κ2) is 11.9. The minimum absolute atomic E-state index is 0.0218. The number of hydrogen-bond donors (Lipinski definition) is 1. The summed E-state index contributed by atoms with van der Waals surface area (Å²) in [5.74, 6) is 0.787. The zero-order chi connectivity index (χ0) is 24.7. The number of rotatable bonds is 10. The first-order valence-corrected chi connectivity index (χ1v) is 12.2. The van der Waals surface area contributed by atoms with Gasteiger partial charge in [0.15, 0.2) is 6.61 Å². The SMILES string of the molecule is CCC(C)NC(=O)C(C)N(Cc1cccc(OC)c1)C(=O)COc1ccc2ccccc2c1Br. The topological polar surface area (TPSA) is 67.9 Å². The molecule has 3 aromatic carbocycles. The van der Waals surface area contributed by atoms with Crippen molar-refractivity contribution >= 4 is 38.5 Å². The van der Waals surface area contributed by atoms with Crippen LogP contribution in [0.2, 0.25) is 0 Å². The van der Waals surface area contributed by atoms with E-state index in [0.29, 0.717) is 11.5 Å². The second-order valence-electron chi connectivity index (χ2n) is 8.25. The highest BCUT2D eigenvalue weighted by molar-refractivity contribution is 9.10. The number of hydrogen-bond acceptors (Lipinski definition) is 4. The van der Waals surface area contributed by atoms with Gasteiger partial charge in [0.2, 0.25) is 5.91 Å². The van der Waals surface area contributed by atoms with Gasteiger partial charge in [0.25, 0.3) is 5.91 Å². The molecule has 2 amide bonds. The third-order valence-electron chi connectivity index (χ3n) is 5.83. The molecule has 2 atom stereocenters. The lowest BCUT2D eigenvalue weighted by atomic mass is 10.1. The van der Waals surface area contributed by atoms with Crippen LogP contribution in [-0.2, 0) is 16.1 Å². The van der Waals surface area contributed by atoms with Gasteiger partial charge < -0.3 is 19.7 Å². The number of carbonyl (C=O) groups is 2. The molecule has 0 bridgehead atoms. The first-order valence-electron chi connectivity index (χ1n) is 11.4. The zero-order valence-electron chi connectivity index (χ0n) is 20.0. The lowest BCUT2D eigenvalue weighted by molar-refractivity contribution is -0.142. The predicted molar refractivity (Wildman–Crippen MR) is 138 cm³/mol. The van der Waals surface area contributed by atoms with Crippen molar-refractivity contribution in [2.24, 2.45) is 0 Å². The van der Waals surface area contributed by atoms with Crippen LogP contribution in [0.5, 0.6) is 11.5 Å². The maximum Gasteiger partial charge on any atom is 0.261 e. The van der Waals surface area contributed by atoms with Gasteiger partial charge >= 0.3 is 0 Å². The van der Waals surface area contributed by atoms with E-state index < -0.39 is 6.04 Å². The lowest BCUT2D eigenvalue weighted by Gasteiger charge is -2.29. The van der Waals surface area contributed by atoms with Gasteiger partial charge in [-0.25, -0.2) is 0 Å². The van der Waals surface area contributed by atoms with Crippen molar-refractivity contribution in [2.45, 2.75) is 45.8 Å². The van der Waals surface area contributed by atoms with Crippen LogP contribution in [0.1, 0.15) is 32.8 Å². The van der Waals surface area contributed by atoms with E-state index in [1.165, 1.54) is 0 Å². The summed E-state index contributed by atoms with van der Waals surface area (Å²) in [6.07, 6.45) is 0.807. The van der Waals surface area contributed by atoms with Crippen molar-refractivity contribution in [2.75, 3.05) is 13.7 Å². The molecule has 1 N–H and O–H groups in total. The second-order valence-corrected chi connectivity index (χ2v) is 9.05. The Balaban J connectivity index is 1.80. The Morgan fingerprint density at radius 2 is 1.82 bits per heavy atom. The Kier molecular flexibility index (Phi) is 8.93. The number of nitrogens with one attached hydrogen (secondary N) is 1. The van der Waals surface area contributed by atoms with E-state index in [1.807, 2.05) is 74.5 Å². The van der Waals surface area contributed by atoms with Crippen molar-refractivity contribution < 1.29 is 19.1 Å². The number of methoxy groups -OCH3 is 1. The molecule has 3 aromatic rings. The molecule has 0 radical (unpaired) electrons. The van der Waals surface area contributed by atoms with E-state index in [1.54, 1.807) is 18.9 Å². The number of halogens is 1. The predicted octanol–water partition coefficient (Wildman–Crippen LogP) is 5.32. The average Bonchev–Trinajstić information content (AvgIpc) is 2.86. The maximum atomic E-state index is 13.3. The minimum Gasteiger partial charge on any atom is -0.497 e. The summed E-state index contributed by atoms with van der Waals surface area (Å²) in [6, 6.07) is 18.6. The van der Waals surface area contributed by atoms with Crippen LogP contribution in [-0.4, -0.2) is 42.5 Å². The number of ether oxygens (including phenoxy) is 2. The van der Waals surface area contributed by atoms with Gasteiger partial charge in [-0.1, -0.05) is 49.4 Å². The third kappa shape index (κ3) is 6.29. The van der Waals surface area contributed by atoms with E-state index >= 15 is 0 Å². The molecule has 0 aliphatic rings. The smallest absolute Gasteiger partial charge is 0.261 e. The first kappa shape index (κ1) is 25.6. The quantitative estimate of drug-likeness (QED) is 0.388. The molecule has 0 saturated carbocycles. The van der Waals surface area contributed by atoms with E-state index in [9.17, 15) is 9.59 Å². The van der Waals surface area contributed by atoms with Crippen LogP contribution < -0.4 is 14.8 Å². The van der Waals surface area contributed by atoms with E-state index in [4.69, 9.17) is 9.47 Å². The van der Waals surface area contributed by atoms with Crippen molar-refractivity contribution in [3.63, 3.8) is 0 Å². The van der Waals surface area contributed by atoms with Gasteiger partial charge in [0.05, 0.1) is 11.6 Å². The summed E-state index contributed by atoms with van der Waals surface area (Å²) in [5.41, 5.74) is 0.864. The molecule has 0 saturated heterocycles. The van der Waals surface area contributed by atoms with Gasteiger partial charge in [-0.3, -0.25) is 9.59 Å². The Bertz CT molecular complexity index is 1150. The molecule has 0 aliphatic carbocycles. The molecule has 180 valence electrons. The number of fused-ring (bicyclic) bond motifs is 1. The summed E-state index contributed by atoms with van der Waals surface area (Å²) in [6.45, 7) is 5.75. The monoisotopic (exact) mass is 526 g/mol. The van der Waals surface area contributed by atoms with Gasteiger partial charge in [0, 0.05) is 12.6 Å². The van der Waals surface area contributed by atoms with E-state index in [0.717, 1.165) is 27.2 Å². The van der Waals surface area contributed by atoms with E-state index in [-0.39, 0.29) is 31.0 Å². The van der Waals surface area contributed by atoms with Crippen molar-refractivity contribution in [3.05, 3.63) is 70.7 Å². The molecule has 3 rings (SSSR count). The normalized spacial score (nSPS) is 12.6. The molecule has 0 spiro atoms. The van der Waals surface area contributed by atoms with Gasteiger partial charge in [0.1, 0.15) is 17.5 Å². The van der Waals surface area contributed by atoms with Crippen LogP contribution in [0.4, 0.5) is 0 Å². The standard InChI is InChI=1S/C27H31BrN2O4/c1-5-18(2)29-27(32)19(3)30(16-20-9-8-11-22(15-20)33-4)25(31)17-34-24-14-13-21-10-6-7-12-23(21)26(24)28/h6-15,18-19H,5,16-17H2,1-4H3,(H,29,32). The molecular formula is C27H31BrN2O4. The van der Waals surface area contributed by atoms with Crippen molar-refractivity contribution in [1.29, 1.82) is 0 Å². The highest BCUT2D eigenvalue weighted by atomic mass is 79.9. The summed E-state index contributed by atoms with van der Waals surface area (Å²) >= 11 is 3.60. The Morgan fingerprint density at radius 3 is 2.56 bits per heavy atom. The molecule has 0 aromatic heterocycles. The molecule has 0 aliphatic heterocycles. The highest BCUT2D eigenvalue weighted by Crippen LogP contribution is 2.33. The lowest BCUT2D eigenvalue weighted by Crippen LogP contribution is -2.50. The van der Waals surface area contributed by atoms with Crippen molar-refractivity contribution in [1.82, 2.24) is 10.2 Å². The molecule has 7 heteroatoms. The zero-order valence-corrected chi connectivity index (χ0v) is 21.6. The molecule has 2 unspecified atom stereocenters. The summed E-state index contributed by atoms with van der Waals surface area (Å²) in [5, 5.41) is 5.04. The molecule has 6 nitrogen and oxygen atoms in total. The van der Waals surface area contributed by atoms with Crippen molar-refractivity contribution in [3.8, 4) is 11.5 Å². The van der Waals surface area contributed by atoms with Gasteiger partial charge in [-0.05, 0) is 70.7 Å². The number of carbonyl (C=O) groups excluding carboxylic acids is 2. The Labute approximate surface area is 209 Å². The molecule has 0 fully saturated rings. The maximum absolute atomic E-state index is 13.3. The molecule has 0 heterocycles. The fraction of sp³-hybridized carbons (Fsp3) is 0.333.